The summed E-state index contributed by atoms with van der Waals surface area (Å²) in [4.78, 5) is 23.9. The summed E-state index contributed by atoms with van der Waals surface area (Å²) in [6, 6.07) is 7.74. The van der Waals surface area contributed by atoms with Crippen molar-refractivity contribution in [1.29, 1.82) is 0 Å². The predicted molar refractivity (Wildman–Crippen MR) is 107 cm³/mol. The van der Waals surface area contributed by atoms with Gasteiger partial charge in [-0.1, -0.05) is 35.5 Å². The lowest BCUT2D eigenvalue weighted by atomic mass is 10.1. The molecule has 0 spiro atoms. The fraction of sp³-hybridized carbons (Fsp3) is 0.278. The Kier molecular flexibility index (Phi) is 5.93. The Labute approximate surface area is 160 Å². The van der Waals surface area contributed by atoms with Crippen molar-refractivity contribution in [1.82, 2.24) is 14.9 Å². The minimum atomic E-state index is 0.130. The Morgan fingerprint density at radius 1 is 1.20 bits per heavy atom. The number of carbonyl (C=O) groups excluding carboxylic acids is 1. The number of halogens is 1. The summed E-state index contributed by atoms with van der Waals surface area (Å²) >= 11 is 9.05. The Balaban J connectivity index is 1.92. The molecule has 1 amide bonds. The lowest BCUT2D eigenvalue weighted by Gasteiger charge is -2.18. The SMILES string of the molecule is CCN(CC)C(=O)CSc1ncnc2scc(-c3ccc(Cl)cc3)c12. The molecule has 2 heterocycles. The highest BCUT2D eigenvalue weighted by molar-refractivity contribution is 8.00. The van der Waals surface area contributed by atoms with Gasteiger partial charge in [0, 0.05) is 29.1 Å². The van der Waals surface area contributed by atoms with Gasteiger partial charge < -0.3 is 4.90 Å². The van der Waals surface area contributed by atoms with Gasteiger partial charge >= 0.3 is 0 Å². The quantitative estimate of drug-likeness (QED) is 0.439. The Morgan fingerprint density at radius 2 is 1.92 bits per heavy atom. The summed E-state index contributed by atoms with van der Waals surface area (Å²) in [6.45, 7) is 5.44. The summed E-state index contributed by atoms with van der Waals surface area (Å²) in [6.07, 6.45) is 1.56. The van der Waals surface area contributed by atoms with Gasteiger partial charge in [0.05, 0.1) is 11.1 Å². The van der Waals surface area contributed by atoms with E-state index < -0.39 is 0 Å². The van der Waals surface area contributed by atoms with Crippen LogP contribution < -0.4 is 0 Å². The molecule has 3 rings (SSSR count). The molecule has 0 N–H and O–H groups in total. The van der Waals surface area contributed by atoms with Crippen molar-refractivity contribution in [2.24, 2.45) is 0 Å². The molecule has 130 valence electrons. The van der Waals surface area contributed by atoms with Gasteiger partial charge in [-0.25, -0.2) is 9.97 Å². The van der Waals surface area contributed by atoms with E-state index in [1.807, 2.05) is 43.0 Å². The van der Waals surface area contributed by atoms with Gasteiger partial charge in [0.2, 0.25) is 5.91 Å². The third-order valence-corrected chi connectivity index (χ3v) is 6.05. The molecule has 25 heavy (non-hydrogen) atoms. The van der Waals surface area contributed by atoms with E-state index in [-0.39, 0.29) is 5.91 Å². The zero-order chi connectivity index (χ0) is 17.8. The first-order chi connectivity index (χ1) is 12.1. The lowest BCUT2D eigenvalue weighted by molar-refractivity contribution is -0.127. The molecule has 0 bridgehead atoms. The second-order valence-electron chi connectivity index (χ2n) is 5.37. The smallest absolute Gasteiger partial charge is 0.232 e. The van der Waals surface area contributed by atoms with E-state index in [4.69, 9.17) is 11.6 Å². The molecule has 0 fully saturated rings. The first-order valence-electron chi connectivity index (χ1n) is 8.02. The maximum atomic E-state index is 12.3. The van der Waals surface area contributed by atoms with E-state index in [2.05, 4.69) is 15.3 Å². The van der Waals surface area contributed by atoms with E-state index in [1.54, 1.807) is 17.7 Å². The second kappa shape index (κ2) is 8.17. The van der Waals surface area contributed by atoms with E-state index >= 15 is 0 Å². The molecule has 0 aliphatic carbocycles. The Hall–Kier alpha value is -1.63. The summed E-state index contributed by atoms with van der Waals surface area (Å²) < 4.78 is 0. The van der Waals surface area contributed by atoms with Crippen LogP contribution in [-0.2, 0) is 4.79 Å². The monoisotopic (exact) mass is 391 g/mol. The molecular formula is C18H18ClN3OS2. The fourth-order valence-electron chi connectivity index (χ4n) is 2.60. The molecule has 0 aliphatic heterocycles. The number of hydrogen-bond acceptors (Lipinski definition) is 5. The van der Waals surface area contributed by atoms with Crippen LogP contribution in [0.2, 0.25) is 5.02 Å². The number of carbonyl (C=O) groups is 1. The maximum absolute atomic E-state index is 12.3. The largest absolute Gasteiger partial charge is 0.343 e. The molecular weight excluding hydrogens is 374 g/mol. The lowest BCUT2D eigenvalue weighted by Crippen LogP contribution is -2.31. The van der Waals surface area contributed by atoms with Crippen molar-refractivity contribution < 1.29 is 4.79 Å². The van der Waals surface area contributed by atoms with Crippen molar-refractivity contribution in [2.75, 3.05) is 18.8 Å². The molecule has 2 aromatic heterocycles. The van der Waals surface area contributed by atoms with Crippen LogP contribution in [0.15, 0.2) is 41.0 Å². The molecule has 0 unspecified atom stereocenters. The molecule has 0 saturated heterocycles. The molecule has 0 aliphatic rings. The molecule has 4 nitrogen and oxygen atoms in total. The highest BCUT2D eigenvalue weighted by Crippen LogP contribution is 2.38. The fourth-order valence-corrected chi connectivity index (χ4v) is 4.62. The first-order valence-corrected chi connectivity index (χ1v) is 10.3. The van der Waals surface area contributed by atoms with Crippen molar-refractivity contribution in [3.8, 4) is 11.1 Å². The van der Waals surface area contributed by atoms with Crippen LogP contribution in [-0.4, -0.2) is 39.6 Å². The Morgan fingerprint density at radius 3 is 2.60 bits per heavy atom. The third-order valence-electron chi connectivity index (χ3n) is 3.94. The average Bonchev–Trinajstić information content (AvgIpc) is 3.06. The van der Waals surface area contributed by atoms with Gasteiger partial charge in [-0.05, 0) is 31.5 Å². The summed E-state index contributed by atoms with van der Waals surface area (Å²) in [5.74, 6) is 0.508. The third kappa shape index (κ3) is 3.97. The molecule has 1 aromatic carbocycles. The van der Waals surface area contributed by atoms with Crippen LogP contribution in [0, 0.1) is 0 Å². The molecule has 3 aromatic rings. The number of hydrogen-bond donors (Lipinski definition) is 0. The number of thioether (sulfide) groups is 1. The maximum Gasteiger partial charge on any atom is 0.232 e. The predicted octanol–water partition coefficient (Wildman–Crippen LogP) is 4.97. The van der Waals surface area contributed by atoms with Gasteiger partial charge in [0.25, 0.3) is 0 Å². The first kappa shape index (κ1) is 18.2. The standard InChI is InChI=1S/C18H18ClN3OS2/c1-3-22(4-2)15(23)10-25-18-16-14(9-24-17(16)20-11-21-18)12-5-7-13(19)8-6-12/h5-9,11H,3-4,10H2,1-2H3. The van der Waals surface area contributed by atoms with E-state index in [0.29, 0.717) is 10.8 Å². The van der Waals surface area contributed by atoms with Crippen LogP contribution >= 0.6 is 34.7 Å². The molecule has 7 heteroatoms. The molecule has 0 saturated carbocycles. The van der Waals surface area contributed by atoms with Crippen molar-refractivity contribution in [2.45, 2.75) is 18.9 Å². The minimum absolute atomic E-state index is 0.130. The van der Waals surface area contributed by atoms with Gasteiger partial charge in [0.15, 0.2) is 0 Å². The summed E-state index contributed by atoms with van der Waals surface area (Å²) in [5, 5.41) is 4.64. The Bertz CT molecular complexity index is 876. The molecule has 0 radical (unpaired) electrons. The number of nitrogens with zero attached hydrogens (tertiary/aromatic N) is 3. The highest BCUT2D eigenvalue weighted by atomic mass is 35.5. The van der Waals surface area contributed by atoms with E-state index in [0.717, 1.165) is 39.5 Å². The van der Waals surface area contributed by atoms with E-state index in [1.165, 1.54) is 11.8 Å². The highest BCUT2D eigenvalue weighted by Gasteiger charge is 2.16. The topological polar surface area (TPSA) is 46.1 Å². The summed E-state index contributed by atoms with van der Waals surface area (Å²) in [5.41, 5.74) is 2.15. The van der Waals surface area contributed by atoms with Crippen LogP contribution in [0.1, 0.15) is 13.8 Å². The van der Waals surface area contributed by atoms with Crippen molar-refractivity contribution >= 4 is 50.8 Å². The van der Waals surface area contributed by atoms with Crippen LogP contribution in [0.4, 0.5) is 0 Å². The van der Waals surface area contributed by atoms with Gasteiger partial charge in [0.1, 0.15) is 16.2 Å². The normalized spacial score (nSPS) is 11.0. The summed E-state index contributed by atoms with van der Waals surface area (Å²) in [7, 11) is 0. The zero-order valence-electron chi connectivity index (χ0n) is 14.0. The van der Waals surface area contributed by atoms with Crippen molar-refractivity contribution in [3.05, 3.63) is 41.0 Å². The van der Waals surface area contributed by atoms with E-state index in [9.17, 15) is 4.79 Å². The molecule has 0 atom stereocenters. The van der Waals surface area contributed by atoms with Gasteiger partial charge in [-0.3, -0.25) is 4.79 Å². The van der Waals surface area contributed by atoms with Crippen molar-refractivity contribution in [3.63, 3.8) is 0 Å². The number of benzene rings is 1. The number of amides is 1. The van der Waals surface area contributed by atoms with Crippen LogP contribution in [0.3, 0.4) is 0 Å². The van der Waals surface area contributed by atoms with Gasteiger partial charge in [-0.2, -0.15) is 0 Å². The minimum Gasteiger partial charge on any atom is -0.343 e. The average molecular weight is 392 g/mol. The zero-order valence-corrected chi connectivity index (χ0v) is 16.4. The number of thiophene rings is 1. The van der Waals surface area contributed by atoms with Crippen LogP contribution in [0.5, 0.6) is 0 Å². The number of rotatable bonds is 6. The van der Waals surface area contributed by atoms with Crippen LogP contribution in [0.25, 0.3) is 21.3 Å². The second-order valence-corrected chi connectivity index (χ2v) is 7.63. The van der Waals surface area contributed by atoms with Gasteiger partial charge in [-0.15, -0.1) is 11.3 Å². The number of aromatic nitrogens is 2. The number of fused-ring (bicyclic) bond motifs is 1.